The number of hydrogen-bond donors (Lipinski definition) is 0. The van der Waals surface area contributed by atoms with Crippen molar-refractivity contribution < 1.29 is 9.53 Å². The maximum Gasteiger partial charge on any atom is 0.127 e. The Morgan fingerprint density at radius 1 is 1.25 bits per heavy atom. The molecular formula is C17H29NO2. The molecule has 0 radical (unpaired) electrons. The molecule has 20 heavy (non-hydrogen) atoms. The standard InChI is InChI=1S/C17H29NO2/c1-14-5-4-8-17(11-14,13-19)12-18-9-10-20-16-7-3-2-6-15(16)18/h13-16H,2-12H2,1H3. The molecule has 0 aromatic heterocycles. The third-order valence-electron chi connectivity index (χ3n) is 5.74. The van der Waals surface area contributed by atoms with E-state index in [1.165, 1.54) is 44.8 Å². The summed E-state index contributed by atoms with van der Waals surface area (Å²) in [5.41, 5.74) is -0.0724. The van der Waals surface area contributed by atoms with Crippen LogP contribution in [-0.2, 0) is 9.53 Å². The van der Waals surface area contributed by atoms with Crippen LogP contribution >= 0.6 is 0 Å². The molecule has 0 amide bonds. The largest absolute Gasteiger partial charge is 0.375 e. The van der Waals surface area contributed by atoms with Crippen molar-refractivity contribution in [2.24, 2.45) is 11.3 Å². The van der Waals surface area contributed by atoms with E-state index < -0.39 is 0 Å². The zero-order valence-electron chi connectivity index (χ0n) is 12.9. The van der Waals surface area contributed by atoms with Crippen molar-refractivity contribution in [3.63, 3.8) is 0 Å². The smallest absolute Gasteiger partial charge is 0.127 e. The second kappa shape index (κ2) is 6.15. The summed E-state index contributed by atoms with van der Waals surface area (Å²) in [4.78, 5) is 14.4. The van der Waals surface area contributed by atoms with Crippen LogP contribution in [0.25, 0.3) is 0 Å². The normalized spacial score (nSPS) is 43.0. The molecule has 3 rings (SSSR count). The first-order valence-electron chi connectivity index (χ1n) is 8.54. The summed E-state index contributed by atoms with van der Waals surface area (Å²) in [5.74, 6) is 0.706. The molecule has 3 fully saturated rings. The van der Waals surface area contributed by atoms with Gasteiger partial charge in [0.2, 0.25) is 0 Å². The fourth-order valence-corrected chi connectivity index (χ4v) is 4.77. The van der Waals surface area contributed by atoms with Crippen LogP contribution in [0.5, 0.6) is 0 Å². The van der Waals surface area contributed by atoms with Gasteiger partial charge >= 0.3 is 0 Å². The Balaban J connectivity index is 1.69. The summed E-state index contributed by atoms with van der Waals surface area (Å²) in [6, 6.07) is 0.576. The van der Waals surface area contributed by atoms with Crippen molar-refractivity contribution >= 4 is 6.29 Å². The zero-order chi connectivity index (χ0) is 14.0. The van der Waals surface area contributed by atoms with Crippen molar-refractivity contribution in [1.82, 2.24) is 4.90 Å². The van der Waals surface area contributed by atoms with Crippen LogP contribution in [0.3, 0.4) is 0 Å². The maximum absolute atomic E-state index is 11.8. The molecule has 1 saturated heterocycles. The number of carbonyl (C=O) groups is 1. The minimum Gasteiger partial charge on any atom is -0.375 e. The summed E-state index contributed by atoms with van der Waals surface area (Å²) in [6.07, 6.45) is 11.5. The zero-order valence-corrected chi connectivity index (χ0v) is 12.9. The molecule has 4 atom stereocenters. The van der Waals surface area contributed by atoms with E-state index in [2.05, 4.69) is 11.8 Å². The summed E-state index contributed by atoms with van der Waals surface area (Å²) >= 11 is 0. The van der Waals surface area contributed by atoms with E-state index in [4.69, 9.17) is 4.74 Å². The number of fused-ring (bicyclic) bond motifs is 1. The first kappa shape index (κ1) is 14.5. The van der Waals surface area contributed by atoms with Gasteiger partial charge in [-0.05, 0) is 31.6 Å². The lowest BCUT2D eigenvalue weighted by molar-refractivity contribution is -0.128. The number of hydrogen-bond acceptors (Lipinski definition) is 3. The third kappa shape index (κ3) is 2.94. The highest BCUT2D eigenvalue weighted by Crippen LogP contribution is 2.40. The summed E-state index contributed by atoms with van der Waals surface area (Å²) < 4.78 is 5.96. The number of nitrogens with zero attached hydrogens (tertiary/aromatic N) is 1. The lowest BCUT2D eigenvalue weighted by atomic mass is 9.70. The molecule has 3 heteroatoms. The van der Waals surface area contributed by atoms with Crippen LogP contribution in [0.4, 0.5) is 0 Å². The number of morpholine rings is 1. The van der Waals surface area contributed by atoms with Gasteiger partial charge in [-0.25, -0.2) is 0 Å². The molecule has 3 nitrogen and oxygen atoms in total. The average Bonchev–Trinajstić information content (AvgIpc) is 2.48. The molecule has 1 aliphatic heterocycles. The average molecular weight is 279 g/mol. The minimum atomic E-state index is -0.0724. The molecule has 3 aliphatic rings. The van der Waals surface area contributed by atoms with E-state index in [0.717, 1.165) is 32.5 Å². The Morgan fingerprint density at radius 2 is 2.10 bits per heavy atom. The van der Waals surface area contributed by atoms with E-state index in [1.807, 2.05) is 0 Å². The molecule has 1 heterocycles. The molecule has 0 aromatic rings. The van der Waals surface area contributed by atoms with Gasteiger partial charge in [0.15, 0.2) is 0 Å². The third-order valence-corrected chi connectivity index (χ3v) is 5.74. The van der Waals surface area contributed by atoms with Crippen LogP contribution < -0.4 is 0 Å². The fraction of sp³-hybridized carbons (Fsp3) is 0.941. The topological polar surface area (TPSA) is 29.5 Å². The van der Waals surface area contributed by atoms with E-state index >= 15 is 0 Å². The van der Waals surface area contributed by atoms with Gasteiger partial charge in [-0.2, -0.15) is 0 Å². The number of rotatable bonds is 3. The summed E-state index contributed by atoms with van der Waals surface area (Å²) in [6.45, 7) is 5.16. The van der Waals surface area contributed by atoms with Crippen molar-refractivity contribution in [3.8, 4) is 0 Å². The van der Waals surface area contributed by atoms with Gasteiger partial charge in [-0.1, -0.05) is 32.6 Å². The van der Waals surface area contributed by atoms with Crippen LogP contribution in [0.1, 0.15) is 58.3 Å². The van der Waals surface area contributed by atoms with Gasteiger partial charge in [-0.3, -0.25) is 4.90 Å². The van der Waals surface area contributed by atoms with E-state index in [9.17, 15) is 4.79 Å². The molecular weight excluding hydrogens is 250 g/mol. The number of aldehydes is 1. The molecule has 0 spiro atoms. The highest BCUT2D eigenvalue weighted by atomic mass is 16.5. The van der Waals surface area contributed by atoms with Crippen molar-refractivity contribution in [1.29, 1.82) is 0 Å². The molecule has 114 valence electrons. The first-order chi connectivity index (χ1) is 9.72. The lowest BCUT2D eigenvalue weighted by Crippen LogP contribution is -2.56. The Morgan fingerprint density at radius 3 is 2.90 bits per heavy atom. The summed E-state index contributed by atoms with van der Waals surface area (Å²) in [5, 5.41) is 0. The van der Waals surface area contributed by atoms with E-state index in [1.54, 1.807) is 0 Å². The summed E-state index contributed by atoms with van der Waals surface area (Å²) in [7, 11) is 0. The molecule has 4 unspecified atom stereocenters. The lowest BCUT2D eigenvalue weighted by Gasteiger charge is -2.48. The van der Waals surface area contributed by atoms with Gasteiger partial charge in [0, 0.05) is 24.5 Å². The Hall–Kier alpha value is -0.410. The Kier molecular flexibility index (Phi) is 4.46. The van der Waals surface area contributed by atoms with E-state index in [0.29, 0.717) is 18.1 Å². The van der Waals surface area contributed by atoms with Crippen molar-refractivity contribution in [2.45, 2.75) is 70.4 Å². The van der Waals surface area contributed by atoms with Gasteiger partial charge in [0.05, 0.1) is 12.7 Å². The second-order valence-electron chi connectivity index (χ2n) is 7.41. The van der Waals surface area contributed by atoms with Gasteiger partial charge in [0.25, 0.3) is 0 Å². The fourth-order valence-electron chi connectivity index (χ4n) is 4.77. The van der Waals surface area contributed by atoms with Crippen LogP contribution in [0.15, 0.2) is 0 Å². The van der Waals surface area contributed by atoms with Crippen molar-refractivity contribution in [3.05, 3.63) is 0 Å². The highest BCUT2D eigenvalue weighted by molar-refractivity contribution is 5.60. The van der Waals surface area contributed by atoms with Crippen LogP contribution in [0, 0.1) is 11.3 Å². The van der Waals surface area contributed by atoms with Crippen molar-refractivity contribution in [2.75, 3.05) is 19.7 Å². The first-order valence-corrected chi connectivity index (χ1v) is 8.54. The Bertz CT molecular complexity index is 344. The quantitative estimate of drug-likeness (QED) is 0.744. The molecule has 2 saturated carbocycles. The Labute approximate surface area is 123 Å². The SMILES string of the molecule is CC1CCCC(C=O)(CN2CCOC3CCCCC32)C1. The van der Waals surface area contributed by atoms with E-state index in [-0.39, 0.29) is 5.41 Å². The van der Waals surface area contributed by atoms with Crippen LogP contribution in [0.2, 0.25) is 0 Å². The number of ether oxygens (including phenoxy) is 1. The van der Waals surface area contributed by atoms with Gasteiger partial charge < -0.3 is 9.53 Å². The highest BCUT2D eigenvalue weighted by Gasteiger charge is 2.41. The minimum absolute atomic E-state index is 0.0724. The monoisotopic (exact) mass is 279 g/mol. The second-order valence-corrected chi connectivity index (χ2v) is 7.41. The molecule has 0 bridgehead atoms. The predicted octanol–water partition coefficient (Wildman–Crippen LogP) is 3.03. The molecule has 2 aliphatic carbocycles. The maximum atomic E-state index is 11.8. The molecule has 0 aromatic carbocycles. The van der Waals surface area contributed by atoms with Gasteiger partial charge in [-0.15, -0.1) is 0 Å². The van der Waals surface area contributed by atoms with Gasteiger partial charge in [0.1, 0.15) is 6.29 Å². The van der Waals surface area contributed by atoms with Crippen LogP contribution in [-0.4, -0.2) is 43.0 Å². The molecule has 0 N–H and O–H groups in total. The number of carbonyl (C=O) groups excluding carboxylic acids is 1. The predicted molar refractivity (Wildman–Crippen MR) is 79.7 cm³/mol.